The molecule has 8 nitrogen and oxygen atoms in total. The van der Waals surface area contributed by atoms with Crippen molar-refractivity contribution in [3.05, 3.63) is 44.3 Å². The van der Waals surface area contributed by atoms with Crippen LogP contribution in [-0.2, 0) is 9.59 Å². The molecule has 2 fully saturated rings. The summed E-state index contributed by atoms with van der Waals surface area (Å²) in [5.74, 6) is -0.784. The molecule has 136 valence electrons. The minimum absolute atomic E-state index is 0.0535. The van der Waals surface area contributed by atoms with Crippen molar-refractivity contribution in [1.82, 2.24) is 9.80 Å². The van der Waals surface area contributed by atoms with Crippen LogP contribution in [-0.4, -0.2) is 51.4 Å². The zero-order valence-electron chi connectivity index (χ0n) is 14.1. The summed E-state index contributed by atoms with van der Waals surface area (Å²) >= 11 is 0.738. The van der Waals surface area contributed by atoms with Crippen LogP contribution < -0.4 is 0 Å². The van der Waals surface area contributed by atoms with Gasteiger partial charge in [0, 0.05) is 24.7 Å². The predicted octanol–water partition coefficient (Wildman–Crippen LogP) is 2.56. The van der Waals surface area contributed by atoms with Crippen LogP contribution in [0.5, 0.6) is 0 Å². The van der Waals surface area contributed by atoms with Gasteiger partial charge in [0.15, 0.2) is 0 Å². The molecule has 1 aromatic rings. The lowest BCUT2D eigenvalue weighted by Gasteiger charge is -2.18. The molecular weight excluding hydrogens is 358 g/mol. The second-order valence-electron chi connectivity index (χ2n) is 6.16. The van der Waals surface area contributed by atoms with Crippen molar-refractivity contribution in [2.45, 2.75) is 19.8 Å². The standard InChI is InChI=1S/C17H17N3O5S/c1-11-4-5-12(8-13(11)20(24)25)9-14-16(22)19(17(23)26-14)10-15(21)18-6-2-3-7-18/h4-5,8-9H,2-3,6-7,10H2,1H3/b14-9-. The molecule has 0 aromatic heterocycles. The first-order valence-electron chi connectivity index (χ1n) is 8.15. The van der Waals surface area contributed by atoms with Gasteiger partial charge in [-0.3, -0.25) is 29.4 Å². The number of nitro benzene ring substituents is 1. The number of hydrogen-bond donors (Lipinski definition) is 0. The number of likely N-dealkylation sites (tertiary alicyclic amines) is 1. The summed E-state index contributed by atoms with van der Waals surface area (Å²) in [6, 6.07) is 4.59. The maximum absolute atomic E-state index is 12.5. The maximum atomic E-state index is 12.5. The van der Waals surface area contributed by atoms with Gasteiger partial charge in [-0.15, -0.1) is 0 Å². The highest BCUT2D eigenvalue weighted by atomic mass is 32.2. The Bertz CT molecular complexity index is 830. The van der Waals surface area contributed by atoms with E-state index in [-0.39, 0.29) is 23.0 Å². The van der Waals surface area contributed by atoms with Gasteiger partial charge in [0.05, 0.1) is 9.83 Å². The number of carbonyl (C=O) groups is 3. The number of benzene rings is 1. The fourth-order valence-corrected chi connectivity index (χ4v) is 3.74. The normalized spacial score (nSPS) is 18.9. The van der Waals surface area contributed by atoms with Gasteiger partial charge in [-0.05, 0) is 43.2 Å². The second-order valence-corrected chi connectivity index (χ2v) is 7.15. The number of aryl methyl sites for hydroxylation is 1. The van der Waals surface area contributed by atoms with E-state index in [0.717, 1.165) is 29.5 Å². The van der Waals surface area contributed by atoms with Crippen LogP contribution in [0.2, 0.25) is 0 Å². The van der Waals surface area contributed by atoms with Crippen LogP contribution in [0, 0.1) is 17.0 Å². The van der Waals surface area contributed by atoms with E-state index in [9.17, 15) is 24.5 Å². The molecule has 0 saturated carbocycles. The van der Waals surface area contributed by atoms with Crippen molar-refractivity contribution in [1.29, 1.82) is 0 Å². The quantitative estimate of drug-likeness (QED) is 0.455. The number of nitro groups is 1. The summed E-state index contributed by atoms with van der Waals surface area (Å²) in [6.45, 7) is 2.66. The van der Waals surface area contributed by atoms with Crippen LogP contribution in [0.4, 0.5) is 10.5 Å². The number of rotatable bonds is 4. The lowest BCUT2D eigenvalue weighted by molar-refractivity contribution is -0.385. The molecule has 0 aliphatic carbocycles. The summed E-state index contributed by atoms with van der Waals surface area (Å²) in [6.07, 6.45) is 3.30. The number of imide groups is 1. The largest absolute Gasteiger partial charge is 0.341 e. The number of hydrogen-bond acceptors (Lipinski definition) is 6. The number of amides is 3. The minimum Gasteiger partial charge on any atom is -0.341 e. The number of nitrogens with zero attached hydrogens (tertiary/aromatic N) is 3. The Kier molecular flexibility index (Phi) is 5.08. The molecule has 2 heterocycles. The zero-order chi connectivity index (χ0) is 18.8. The Morgan fingerprint density at radius 1 is 1.31 bits per heavy atom. The molecule has 1 aromatic carbocycles. The van der Waals surface area contributed by atoms with E-state index in [2.05, 4.69) is 0 Å². The highest BCUT2D eigenvalue weighted by molar-refractivity contribution is 8.18. The molecular formula is C17H17N3O5S. The highest BCUT2D eigenvalue weighted by Gasteiger charge is 2.37. The first kappa shape index (κ1) is 18.1. The summed E-state index contributed by atoms with van der Waals surface area (Å²) in [5.41, 5.74) is 0.914. The van der Waals surface area contributed by atoms with Gasteiger partial charge in [-0.2, -0.15) is 0 Å². The van der Waals surface area contributed by atoms with E-state index < -0.39 is 16.1 Å². The monoisotopic (exact) mass is 375 g/mol. The van der Waals surface area contributed by atoms with Crippen molar-refractivity contribution < 1.29 is 19.3 Å². The molecule has 26 heavy (non-hydrogen) atoms. The van der Waals surface area contributed by atoms with Gasteiger partial charge in [0.1, 0.15) is 6.54 Å². The van der Waals surface area contributed by atoms with Gasteiger partial charge in [-0.1, -0.05) is 12.1 Å². The Labute approximate surface area is 154 Å². The molecule has 0 bridgehead atoms. The summed E-state index contributed by atoms with van der Waals surface area (Å²) < 4.78 is 0. The third-order valence-corrected chi connectivity index (χ3v) is 5.26. The van der Waals surface area contributed by atoms with E-state index in [0.29, 0.717) is 24.2 Å². The zero-order valence-corrected chi connectivity index (χ0v) is 15.0. The Hall–Kier alpha value is -2.68. The summed E-state index contributed by atoms with van der Waals surface area (Å²) in [4.78, 5) is 50.0. The third kappa shape index (κ3) is 3.62. The minimum atomic E-state index is -0.546. The van der Waals surface area contributed by atoms with Crippen LogP contribution in [0.25, 0.3) is 6.08 Å². The molecule has 2 saturated heterocycles. The predicted molar refractivity (Wildman–Crippen MR) is 96.3 cm³/mol. The first-order chi connectivity index (χ1) is 12.4. The molecule has 0 unspecified atom stereocenters. The Morgan fingerprint density at radius 2 is 2.00 bits per heavy atom. The molecule has 9 heteroatoms. The molecule has 0 N–H and O–H groups in total. The van der Waals surface area contributed by atoms with Gasteiger partial charge in [0.25, 0.3) is 16.8 Å². The van der Waals surface area contributed by atoms with Crippen molar-refractivity contribution in [2.75, 3.05) is 19.6 Å². The molecule has 0 radical (unpaired) electrons. The van der Waals surface area contributed by atoms with Gasteiger partial charge in [0.2, 0.25) is 5.91 Å². The van der Waals surface area contributed by atoms with Crippen molar-refractivity contribution in [2.24, 2.45) is 0 Å². The van der Waals surface area contributed by atoms with Crippen LogP contribution >= 0.6 is 11.8 Å². The van der Waals surface area contributed by atoms with Crippen molar-refractivity contribution >= 4 is 40.6 Å². The Balaban J connectivity index is 1.78. The fourth-order valence-electron chi connectivity index (χ4n) is 2.90. The summed E-state index contributed by atoms with van der Waals surface area (Å²) in [5, 5.41) is 10.5. The topological polar surface area (TPSA) is 101 Å². The van der Waals surface area contributed by atoms with Gasteiger partial charge >= 0.3 is 0 Å². The number of carbonyl (C=O) groups excluding carboxylic acids is 3. The Morgan fingerprint density at radius 3 is 2.65 bits per heavy atom. The van der Waals surface area contributed by atoms with E-state index in [4.69, 9.17) is 0 Å². The maximum Gasteiger partial charge on any atom is 0.294 e. The lowest BCUT2D eigenvalue weighted by atomic mass is 10.1. The van der Waals surface area contributed by atoms with Crippen LogP contribution in [0.3, 0.4) is 0 Å². The highest BCUT2D eigenvalue weighted by Crippen LogP contribution is 2.33. The molecule has 2 aliphatic heterocycles. The van der Waals surface area contributed by atoms with Gasteiger partial charge < -0.3 is 4.90 Å². The SMILES string of the molecule is Cc1ccc(/C=C2\SC(=O)N(CC(=O)N3CCCC3)C2=O)cc1[N+](=O)[O-]. The molecule has 3 amide bonds. The van der Waals surface area contributed by atoms with E-state index in [1.165, 1.54) is 12.1 Å². The average Bonchev–Trinajstić information content (AvgIpc) is 3.21. The smallest absolute Gasteiger partial charge is 0.294 e. The van der Waals surface area contributed by atoms with E-state index in [1.54, 1.807) is 24.0 Å². The van der Waals surface area contributed by atoms with Gasteiger partial charge in [-0.25, -0.2) is 0 Å². The molecule has 2 aliphatic rings. The van der Waals surface area contributed by atoms with Crippen LogP contribution in [0.15, 0.2) is 23.1 Å². The third-order valence-electron chi connectivity index (χ3n) is 4.35. The first-order valence-corrected chi connectivity index (χ1v) is 8.96. The van der Waals surface area contributed by atoms with E-state index in [1.807, 2.05) is 0 Å². The summed E-state index contributed by atoms with van der Waals surface area (Å²) in [7, 11) is 0. The van der Waals surface area contributed by atoms with Crippen molar-refractivity contribution in [3.63, 3.8) is 0 Å². The van der Waals surface area contributed by atoms with Crippen LogP contribution in [0.1, 0.15) is 24.0 Å². The second kappa shape index (κ2) is 7.28. The molecule has 3 rings (SSSR count). The number of thioether (sulfide) groups is 1. The molecule has 0 spiro atoms. The average molecular weight is 375 g/mol. The van der Waals surface area contributed by atoms with E-state index >= 15 is 0 Å². The van der Waals surface area contributed by atoms with Crippen molar-refractivity contribution in [3.8, 4) is 0 Å². The molecule has 0 atom stereocenters. The fraction of sp³-hybridized carbons (Fsp3) is 0.353. The lowest BCUT2D eigenvalue weighted by Crippen LogP contribution is -2.40.